The fourth-order valence-corrected chi connectivity index (χ4v) is 3.62. The number of ether oxygens (including phenoxy) is 1. The van der Waals surface area contributed by atoms with Crippen molar-refractivity contribution in [3.8, 4) is 0 Å². The quantitative estimate of drug-likeness (QED) is 0.546. The van der Waals surface area contributed by atoms with E-state index in [1.807, 2.05) is 6.26 Å². The zero-order valence-electron chi connectivity index (χ0n) is 13.9. The number of nitrogens with zero attached hydrogens (tertiary/aromatic N) is 4. The third-order valence-corrected chi connectivity index (χ3v) is 5.15. The van der Waals surface area contributed by atoms with Crippen LogP contribution in [0.1, 0.15) is 13.2 Å². The molecule has 1 saturated heterocycles. The topological polar surface area (TPSA) is 142 Å². The van der Waals surface area contributed by atoms with Gasteiger partial charge in [-0.05, 0) is 13.2 Å². The Kier molecular flexibility index (Phi) is 4.00. The molecule has 0 saturated carbocycles. The van der Waals surface area contributed by atoms with E-state index in [4.69, 9.17) is 4.74 Å². The van der Waals surface area contributed by atoms with Crippen LogP contribution in [0.5, 0.6) is 0 Å². The Hall–Kier alpha value is -2.05. The summed E-state index contributed by atoms with van der Waals surface area (Å²) in [5.74, 6) is 0.706. The molecule has 2 aliphatic heterocycles. The van der Waals surface area contributed by atoms with Crippen molar-refractivity contribution in [2.75, 3.05) is 18.2 Å². The van der Waals surface area contributed by atoms with Crippen LogP contribution in [0, 0.1) is 0 Å². The van der Waals surface area contributed by atoms with Gasteiger partial charge < -0.3 is 29.9 Å². The predicted octanol–water partition coefficient (Wildman–Crippen LogP) is -0.431. The number of hydrogen-bond acceptors (Lipinski definition) is 10. The summed E-state index contributed by atoms with van der Waals surface area (Å²) in [6, 6.07) is 0. The molecule has 10 nitrogen and oxygen atoms in total. The molecule has 11 heteroatoms. The van der Waals surface area contributed by atoms with Gasteiger partial charge in [0.05, 0.1) is 23.7 Å². The Balaban J connectivity index is 1.96. The van der Waals surface area contributed by atoms with Crippen molar-refractivity contribution in [2.24, 2.45) is 4.99 Å². The molecule has 0 spiro atoms. The second-order valence-electron chi connectivity index (χ2n) is 6.30. The molecule has 4 atom stereocenters. The van der Waals surface area contributed by atoms with E-state index in [1.54, 1.807) is 10.8 Å². The van der Waals surface area contributed by atoms with E-state index in [1.165, 1.54) is 18.7 Å². The van der Waals surface area contributed by atoms with Gasteiger partial charge in [-0.25, -0.2) is 9.98 Å². The molecule has 4 N–H and O–H groups in total. The summed E-state index contributed by atoms with van der Waals surface area (Å²) in [7, 11) is 0. The molecule has 4 rings (SSSR count). The number of aliphatic hydroxyl groups excluding tert-OH is 2. The Morgan fingerprint density at radius 2 is 2.27 bits per heavy atom. The van der Waals surface area contributed by atoms with Crippen molar-refractivity contribution in [3.63, 3.8) is 0 Å². The molecular weight excluding hydrogens is 362 g/mol. The molecule has 1 fully saturated rings. The molecule has 0 aromatic carbocycles. The summed E-state index contributed by atoms with van der Waals surface area (Å²) >= 11 is 1.33. The van der Waals surface area contributed by atoms with Crippen LogP contribution in [-0.2, 0) is 4.74 Å². The smallest absolute Gasteiger partial charge is 0.290 e. The largest absolute Gasteiger partial charge is 0.394 e. The van der Waals surface area contributed by atoms with Gasteiger partial charge in [-0.15, -0.1) is 0 Å². The van der Waals surface area contributed by atoms with Crippen molar-refractivity contribution >= 4 is 39.5 Å². The maximum Gasteiger partial charge on any atom is 0.290 e. The Bertz CT molecular complexity index is 975. The maximum absolute atomic E-state index is 11.8. The maximum atomic E-state index is 11.8. The van der Waals surface area contributed by atoms with Gasteiger partial charge in [-0.1, -0.05) is 11.8 Å². The lowest BCUT2D eigenvalue weighted by molar-refractivity contribution is -0.0955. The summed E-state index contributed by atoms with van der Waals surface area (Å²) in [4.78, 5) is 24.4. The number of nitrogens with one attached hydrogen (secondary N) is 1. The van der Waals surface area contributed by atoms with Crippen molar-refractivity contribution < 1.29 is 20.1 Å². The van der Waals surface area contributed by atoms with E-state index < -0.39 is 36.2 Å². The molecule has 4 heterocycles. The highest BCUT2D eigenvalue weighted by Gasteiger charge is 2.53. The van der Waals surface area contributed by atoms with Crippen LogP contribution in [0.25, 0.3) is 10.9 Å². The van der Waals surface area contributed by atoms with Gasteiger partial charge in [0.1, 0.15) is 23.6 Å². The second kappa shape index (κ2) is 5.99. The van der Waals surface area contributed by atoms with E-state index >= 15 is 0 Å². The minimum absolute atomic E-state index is 0.312. The fourth-order valence-electron chi connectivity index (χ4n) is 3.24. The van der Waals surface area contributed by atoms with Gasteiger partial charge in [0.2, 0.25) is 0 Å². The lowest BCUT2D eigenvalue weighted by Gasteiger charge is -2.28. The summed E-state index contributed by atoms with van der Waals surface area (Å²) in [5, 5.41) is 34.4. The third-order valence-electron chi connectivity index (χ3n) is 4.57. The molecule has 26 heavy (non-hydrogen) atoms. The first-order valence-electron chi connectivity index (χ1n) is 7.85. The van der Waals surface area contributed by atoms with Gasteiger partial charge >= 0.3 is 0 Å². The number of rotatable bonds is 2. The van der Waals surface area contributed by atoms with Gasteiger partial charge in [-0.2, -0.15) is 4.98 Å². The van der Waals surface area contributed by atoms with Crippen LogP contribution in [0.4, 0.5) is 11.6 Å². The van der Waals surface area contributed by atoms with Crippen molar-refractivity contribution in [2.45, 2.75) is 31.0 Å². The standard InChI is InChI=1S/C15H17N5O5S/c1-15(24)10(23)7(5-21)25-13(15)20-4-6-9-11(17-8(22)3-16-6)18-14(26-2)19-12(9)20/h3-4,7,10,13,21,23-24H,5H2,1-2H3,(H,17,18,19,22)/t7-,10-,13?,15-/m1/s1. The van der Waals surface area contributed by atoms with Crippen molar-refractivity contribution in [1.82, 2.24) is 14.5 Å². The number of aliphatic imine (C=N–C) groups is 1. The summed E-state index contributed by atoms with van der Waals surface area (Å²) in [6.07, 6.45) is 1.27. The number of amidine groups is 1. The molecule has 0 bridgehead atoms. The van der Waals surface area contributed by atoms with Gasteiger partial charge in [0.15, 0.2) is 17.2 Å². The molecule has 0 amide bonds. The van der Waals surface area contributed by atoms with E-state index in [0.29, 0.717) is 27.7 Å². The van der Waals surface area contributed by atoms with Gasteiger partial charge in [0, 0.05) is 6.20 Å². The molecule has 1 unspecified atom stereocenters. The molecular formula is C15H17N5O5S. The first-order chi connectivity index (χ1) is 12.4. The lowest BCUT2D eigenvalue weighted by Crippen LogP contribution is -2.44. The first-order valence-corrected chi connectivity index (χ1v) is 9.07. The molecule has 138 valence electrons. The zero-order chi connectivity index (χ0) is 18.6. The zero-order valence-corrected chi connectivity index (χ0v) is 14.8. The monoisotopic (exact) mass is 379 g/mol. The van der Waals surface area contributed by atoms with Crippen LogP contribution in [0.15, 0.2) is 22.2 Å². The highest BCUT2D eigenvalue weighted by atomic mass is 32.2. The number of aromatic nitrogens is 3. The van der Waals surface area contributed by atoms with Crippen LogP contribution in [-0.4, -0.2) is 65.7 Å². The molecule has 2 aromatic rings. The van der Waals surface area contributed by atoms with Crippen LogP contribution < -0.4 is 10.9 Å². The van der Waals surface area contributed by atoms with Crippen molar-refractivity contribution in [3.05, 3.63) is 22.7 Å². The molecule has 2 aromatic heterocycles. The number of aliphatic hydroxyl groups is 3. The molecule has 2 aliphatic rings. The van der Waals surface area contributed by atoms with Gasteiger partial charge in [-0.3, -0.25) is 4.79 Å². The first kappa shape index (κ1) is 17.4. The third kappa shape index (κ3) is 2.43. The minimum Gasteiger partial charge on any atom is -0.394 e. The Morgan fingerprint density at radius 3 is 2.92 bits per heavy atom. The second-order valence-corrected chi connectivity index (χ2v) is 7.10. The SMILES string of the molecule is CSC1=Nc2c3c(nc(=O)cnc3cn2C2O[C@H](CO)[C@@H](O)[C@@]2(C)O)N1. The van der Waals surface area contributed by atoms with Crippen LogP contribution in [0.2, 0.25) is 0 Å². The molecule has 0 aliphatic carbocycles. The normalized spacial score (nSPS) is 30.3. The molecule has 0 radical (unpaired) electrons. The highest BCUT2D eigenvalue weighted by Crippen LogP contribution is 2.44. The fraction of sp³-hybridized carbons (Fsp3) is 0.467. The predicted molar refractivity (Wildman–Crippen MR) is 95.7 cm³/mol. The Labute approximate surface area is 151 Å². The van der Waals surface area contributed by atoms with Crippen LogP contribution in [0.3, 0.4) is 0 Å². The van der Waals surface area contributed by atoms with E-state index in [-0.39, 0.29) is 0 Å². The highest BCUT2D eigenvalue weighted by molar-refractivity contribution is 8.13. The summed E-state index contributed by atoms with van der Waals surface area (Å²) in [5.41, 5.74) is -1.73. The number of thioether (sulfide) groups is 1. The van der Waals surface area contributed by atoms with E-state index in [2.05, 4.69) is 20.3 Å². The average Bonchev–Trinajstić information content (AvgIpc) is 3.01. The minimum atomic E-state index is -1.67. The summed E-state index contributed by atoms with van der Waals surface area (Å²) in [6.45, 7) is 0.988. The van der Waals surface area contributed by atoms with E-state index in [9.17, 15) is 20.1 Å². The van der Waals surface area contributed by atoms with Crippen molar-refractivity contribution in [1.29, 1.82) is 0 Å². The Morgan fingerprint density at radius 1 is 1.50 bits per heavy atom. The van der Waals surface area contributed by atoms with Crippen LogP contribution >= 0.6 is 11.8 Å². The van der Waals surface area contributed by atoms with E-state index in [0.717, 1.165) is 6.20 Å². The number of hydrogen-bond donors (Lipinski definition) is 4. The lowest BCUT2D eigenvalue weighted by atomic mass is 9.96. The number of anilines is 1. The average molecular weight is 379 g/mol. The summed E-state index contributed by atoms with van der Waals surface area (Å²) < 4.78 is 7.23. The van der Waals surface area contributed by atoms with Gasteiger partial charge in [0.25, 0.3) is 5.56 Å².